The summed E-state index contributed by atoms with van der Waals surface area (Å²) in [5, 5.41) is 5.24. The molecule has 1 saturated heterocycles. The predicted octanol–water partition coefficient (Wildman–Crippen LogP) is 0.516. The van der Waals surface area contributed by atoms with Gasteiger partial charge in [-0.1, -0.05) is 24.3 Å². The van der Waals surface area contributed by atoms with Gasteiger partial charge in [0.25, 0.3) is 5.91 Å². The van der Waals surface area contributed by atoms with Gasteiger partial charge in [0.15, 0.2) is 0 Å². The zero-order valence-electron chi connectivity index (χ0n) is 11.8. The molecule has 3 rings (SSSR count). The van der Waals surface area contributed by atoms with Crippen molar-refractivity contribution in [1.29, 1.82) is 0 Å². The second-order valence-corrected chi connectivity index (χ2v) is 5.41. The molecule has 0 aromatic heterocycles. The van der Waals surface area contributed by atoms with Gasteiger partial charge in [-0.15, -0.1) is 0 Å². The van der Waals surface area contributed by atoms with Gasteiger partial charge in [-0.2, -0.15) is 0 Å². The van der Waals surface area contributed by atoms with Crippen molar-refractivity contribution >= 4 is 17.8 Å². The Kier molecular flexibility index (Phi) is 3.16. The molecule has 0 radical (unpaired) electrons. The molecule has 6 heteroatoms. The topological polar surface area (TPSA) is 78.5 Å². The second-order valence-electron chi connectivity index (χ2n) is 5.41. The zero-order chi connectivity index (χ0) is 15.0. The Morgan fingerprint density at radius 3 is 2.90 bits per heavy atom. The summed E-state index contributed by atoms with van der Waals surface area (Å²) < 4.78 is 0. The number of benzene rings is 1. The first-order valence-electron chi connectivity index (χ1n) is 7.01. The molecule has 2 aliphatic rings. The highest BCUT2D eigenvalue weighted by atomic mass is 16.2. The molecule has 1 atom stereocenters. The molecule has 1 aliphatic carbocycles. The molecule has 0 saturated carbocycles. The van der Waals surface area contributed by atoms with Crippen LogP contribution in [0.1, 0.15) is 24.0 Å². The number of carbonyl (C=O) groups is 3. The summed E-state index contributed by atoms with van der Waals surface area (Å²) in [6, 6.07) is 7.17. The lowest BCUT2D eigenvalue weighted by molar-refractivity contribution is -0.135. The lowest BCUT2D eigenvalue weighted by Gasteiger charge is -2.33. The van der Waals surface area contributed by atoms with Crippen molar-refractivity contribution in [3.05, 3.63) is 35.4 Å². The number of nitrogens with zero attached hydrogens (tertiary/aromatic N) is 1. The molecular weight excluding hydrogens is 270 g/mol. The van der Waals surface area contributed by atoms with Crippen LogP contribution in [0.5, 0.6) is 0 Å². The number of nitrogens with one attached hydrogen (secondary N) is 2. The minimum atomic E-state index is -1.00. The molecule has 1 aromatic carbocycles. The van der Waals surface area contributed by atoms with Gasteiger partial charge in [-0.25, -0.2) is 4.79 Å². The molecule has 1 spiro atoms. The minimum absolute atomic E-state index is 0.245. The maximum absolute atomic E-state index is 12.8. The predicted molar refractivity (Wildman–Crippen MR) is 75.4 cm³/mol. The molecule has 21 heavy (non-hydrogen) atoms. The van der Waals surface area contributed by atoms with Crippen molar-refractivity contribution < 1.29 is 14.4 Å². The Morgan fingerprint density at radius 1 is 1.38 bits per heavy atom. The van der Waals surface area contributed by atoms with Crippen molar-refractivity contribution in [3.8, 4) is 0 Å². The number of urea groups is 1. The van der Waals surface area contributed by atoms with E-state index in [1.54, 1.807) is 0 Å². The molecule has 6 nitrogen and oxygen atoms in total. The van der Waals surface area contributed by atoms with Gasteiger partial charge in [0.05, 0.1) is 0 Å². The Morgan fingerprint density at radius 2 is 2.14 bits per heavy atom. The number of rotatable bonds is 2. The molecule has 110 valence electrons. The third-order valence-electron chi connectivity index (χ3n) is 4.23. The maximum atomic E-state index is 12.8. The fourth-order valence-electron chi connectivity index (χ4n) is 3.18. The lowest BCUT2D eigenvalue weighted by Crippen LogP contribution is -2.47. The highest BCUT2D eigenvalue weighted by molar-refractivity contribution is 6.09. The second kappa shape index (κ2) is 4.87. The summed E-state index contributed by atoms with van der Waals surface area (Å²) in [7, 11) is 1.48. The van der Waals surface area contributed by atoms with E-state index >= 15 is 0 Å². The number of hydrogen-bond acceptors (Lipinski definition) is 3. The van der Waals surface area contributed by atoms with Crippen molar-refractivity contribution in [2.45, 2.75) is 24.8 Å². The third kappa shape index (κ3) is 1.98. The van der Waals surface area contributed by atoms with Crippen molar-refractivity contribution in [2.75, 3.05) is 13.6 Å². The summed E-state index contributed by atoms with van der Waals surface area (Å²) >= 11 is 0. The van der Waals surface area contributed by atoms with Crippen LogP contribution in [-0.4, -0.2) is 36.3 Å². The largest absolute Gasteiger partial charge is 0.358 e. The molecule has 1 unspecified atom stereocenters. The first-order valence-corrected chi connectivity index (χ1v) is 7.01. The first-order chi connectivity index (χ1) is 10.1. The highest BCUT2D eigenvalue weighted by Crippen LogP contribution is 2.39. The van der Waals surface area contributed by atoms with Crippen LogP contribution in [0.25, 0.3) is 0 Å². The molecule has 1 aromatic rings. The summed E-state index contributed by atoms with van der Waals surface area (Å²) in [4.78, 5) is 37.4. The summed E-state index contributed by atoms with van der Waals surface area (Å²) in [6.45, 7) is -0.245. The number of hydrogen-bond donors (Lipinski definition) is 2. The van der Waals surface area contributed by atoms with Gasteiger partial charge in [-0.05, 0) is 30.4 Å². The van der Waals surface area contributed by atoms with E-state index in [0.717, 1.165) is 28.9 Å². The molecule has 1 heterocycles. The normalized spacial score (nSPS) is 24.0. The van der Waals surface area contributed by atoms with E-state index in [2.05, 4.69) is 10.6 Å². The lowest BCUT2D eigenvalue weighted by atomic mass is 9.76. The van der Waals surface area contributed by atoms with E-state index in [4.69, 9.17) is 0 Å². The van der Waals surface area contributed by atoms with Gasteiger partial charge in [0, 0.05) is 7.05 Å². The van der Waals surface area contributed by atoms with E-state index in [0.29, 0.717) is 6.42 Å². The zero-order valence-corrected chi connectivity index (χ0v) is 11.8. The number of likely N-dealkylation sites (N-methyl/N-ethyl adjacent to an activating group) is 1. The van der Waals surface area contributed by atoms with E-state index in [1.165, 1.54) is 7.05 Å². The summed E-state index contributed by atoms with van der Waals surface area (Å²) in [6.07, 6.45) is 2.30. The quantitative estimate of drug-likeness (QED) is 0.778. The van der Waals surface area contributed by atoms with Crippen molar-refractivity contribution in [3.63, 3.8) is 0 Å². The Bertz CT molecular complexity index is 628. The van der Waals surface area contributed by atoms with Crippen LogP contribution in [0.2, 0.25) is 0 Å². The molecule has 1 aliphatic heterocycles. The molecule has 4 amide bonds. The number of imide groups is 1. The fraction of sp³-hybridized carbons (Fsp3) is 0.400. The number of aryl methyl sites for hydroxylation is 1. The maximum Gasteiger partial charge on any atom is 0.325 e. The van der Waals surface area contributed by atoms with Gasteiger partial charge in [-0.3, -0.25) is 14.5 Å². The standard InChI is InChI=1S/C15H17N3O3/c1-16-12(19)9-18-13(20)15(17-14(18)21)8-4-6-10-5-2-3-7-11(10)15/h2-3,5,7H,4,6,8-9H2,1H3,(H,16,19)(H,17,21). The van der Waals surface area contributed by atoms with Gasteiger partial charge in [0.1, 0.15) is 12.1 Å². The highest BCUT2D eigenvalue weighted by Gasteiger charge is 2.54. The van der Waals surface area contributed by atoms with Crippen LogP contribution in [0.15, 0.2) is 24.3 Å². The number of carbonyl (C=O) groups excluding carboxylic acids is 3. The first kappa shape index (κ1) is 13.6. The van der Waals surface area contributed by atoms with Gasteiger partial charge in [0.2, 0.25) is 5.91 Å². The smallest absolute Gasteiger partial charge is 0.325 e. The Labute approximate surface area is 122 Å². The van der Waals surface area contributed by atoms with Crippen molar-refractivity contribution in [2.24, 2.45) is 0 Å². The van der Waals surface area contributed by atoms with E-state index < -0.39 is 11.6 Å². The van der Waals surface area contributed by atoms with Gasteiger partial charge < -0.3 is 10.6 Å². The van der Waals surface area contributed by atoms with Crippen LogP contribution in [0.3, 0.4) is 0 Å². The average Bonchev–Trinajstić information content (AvgIpc) is 2.73. The molecule has 0 bridgehead atoms. The average molecular weight is 287 g/mol. The number of fused-ring (bicyclic) bond motifs is 2. The fourth-order valence-corrected chi connectivity index (χ4v) is 3.18. The van der Waals surface area contributed by atoms with Crippen LogP contribution in [0, 0.1) is 0 Å². The monoisotopic (exact) mass is 287 g/mol. The third-order valence-corrected chi connectivity index (χ3v) is 4.23. The van der Waals surface area contributed by atoms with Crippen LogP contribution >= 0.6 is 0 Å². The Hall–Kier alpha value is -2.37. The molecule has 1 fully saturated rings. The van der Waals surface area contributed by atoms with Crippen LogP contribution < -0.4 is 10.6 Å². The number of amides is 4. The Balaban J connectivity index is 1.99. The van der Waals surface area contributed by atoms with E-state index in [-0.39, 0.29) is 18.4 Å². The summed E-state index contributed by atoms with van der Waals surface area (Å²) in [5.41, 5.74) is 0.938. The molecule has 2 N–H and O–H groups in total. The van der Waals surface area contributed by atoms with Gasteiger partial charge >= 0.3 is 6.03 Å². The van der Waals surface area contributed by atoms with E-state index in [9.17, 15) is 14.4 Å². The SMILES string of the molecule is CNC(=O)CN1C(=O)NC2(CCCc3ccccc32)C1=O. The van der Waals surface area contributed by atoms with Crippen LogP contribution in [0.4, 0.5) is 4.79 Å². The van der Waals surface area contributed by atoms with Crippen LogP contribution in [-0.2, 0) is 21.5 Å². The minimum Gasteiger partial charge on any atom is -0.358 e. The van der Waals surface area contributed by atoms with E-state index in [1.807, 2.05) is 24.3 Å². The summed E-state index contributed by atoms with van der Waals surface area (Å²) in [5.74, 6) is -0.692. The molecular formula is C15H17N3O3. The van der Waals surface area contributed by atoms with Crippen molar-refractivity contribution in [1.82, 2.24) is 15.5 Å².